The van der Waals surface area contributed by atoms with Crippen LogP contribution in [0, 0.1) is 11.3 Å². The first-order valence-electron chi connectivity index (χ1n) is 10.6. The molecule has 0 amide bonds. The van der Waals surface area contributed by atoms with Crippen molar-refractivity contribution >= 4 is 16.6 Å². The highest BCUT2D eigenvalue weighted by Gasteiger charge is 2.59. The molecule has 11 bridgehead atoms. The van der Waals surface area contributed by atoms with Gasteiger partial charge in [-0.1, -0.05) is 41.5 Å². The maximum atomic E-state index is 13.3. The lowest BCUT2D eigenvalue weighted by molar-refractivity contribution is -0.123. The first-order valence-corrected chi connectivity index (χ1v) is 10.6. The van der Waals surface area contributed by atoms with Gasteiger partial charge in [-0.05, 0) is 78.3 Å². The highest BCUT2D eigenvalue weighted by molar-refractivity contribution is 5.94. The lowest BCUT2D eigenvalue weighted by Gasteiger charge is -2.43. The number of allylic oxidation sites excluding steroid dienone is 2. The summed E-state index contributed by atoms with van der Waals surface area (Å²) < 4.78 is 0. The van der Waals surface area contributed by atoms with E-state index in [2.05, 4.69) is 30.3 Å². The first kappa shape index (κ1) is 14.2. The van der Waals surface area contributed by atoms with E-state index in [1.54, 1.807) is 11.1 Å². The monoisotopic (exact) mass is 340 g/mol. The Bertz CT molecular complexity index is 1040. The minimum Gasteiger partial charge on any atom is -0.299 e. The van der Waals surface area contributed by atoms with Crippen LogP contribution in [0.2, 0.25) is 0 Å². The fraction of sp³-hybridized carbons (Fsp3) is 0.480. The van der Waals surface area contributed by atoms with Crippen LogP contribution in [-0.2, 0) is 11.2 Å². The Labute approximate surface area is 154 Å². The molecule has 8 rings (SSSR count). The summed E-state index contributed by atoms with van der Waals surface area (Å²) in [6.07, 6.45) is 9.38. The third-order valence-corrected chi connectivity index (χ3v) is 8.58. The number of benzene rings is 2. The van der Waals surface area contributed by atoms with E-state index >= 15 is 0 Å². The zero-order valence-corrected chi connectivity index (χ0v) is 15.2. The van der Waals surface area contributed by atoms with Crippen molar-refractivity contribution in [1.29, 1.82) is 0 Å². The number of carbonyl (C=O) groups is 1. The van der Waals surface area contributed by atoms with E-state index in [-0.39, 0.29) is 11.3 Å². The number of ketones is 1. The summed E-state index contributed by atoms with van der Waals surface area (Å²) in [5.41, 5.74) is 8.08. The number of rotatable bonds is 0. The summed E-state index contributed by atoms with van der Waals surface area (Å²) in [5, 5.41) is 2.73. The maximum Gasteiger partial charge on any atom is 0.141 e. The summed E-state index contributed by atoms with van der Waals surface area (Å²) in [7, 11) is 0. The van der Waals surface area contributed by atoms with Crippen LogP contribution in [0.1, 0.15) is 73.5 Å². The molecule has 6 aliphatic carbocycles. The van der Waals surface area contributed by atoms with Gasteiger partial charge in [-0.3, -0.25) is 4.79 Å². The highest BCUT2D eigenvalue weighted by atomic mass is 16.1. The van der Waals surface area contributed by atoms with Crippen molar-refractivity contribution in [2.24, 2.45) is 11.3 Å². The van der Waals surface area contributed by atoms with E-state index in [9.17, 15) is 4.79 Å². The van der Waals surface area contributed by atoms with Crippen molar-refractivity contribution in [3.63, 3.8) is 0 Å². The van der Waals surface area contributed by atoms with E-state index < -0.39 is 0 Å². The van der Waals surface area contributed by atoms with E-state index in [4.69, 9.17) is 0 Å². The highest BCUT2D eigenvalue weighted by Crippen LogP contribution is 2.69. The van der Waals surface area contributed by atoms with Crippen LogP contribution in [0.4, 0.5) is 0 Å². The van der Waals surface area contributed by atoms with Crippen LogP contribution < -0.4 is 0 Å². The zero-order valence-electron chi connectivity index (χ0n) is 15.2. The number of carbonyl (C=O) groups excluding carboxylic acids is 1. The van der Waals surface area contributed by atoms with Gasteiger partial charge in [0.1, 0.15) is 5.78 Å². The smallest absolute Gasteiger partial charge is 0.141 e. The quantitative estimate of drug-likeness (QED) is 0.553. The Hall–Kier alpha value is -1.89. The van der Waals surface area contributed by atoms with Crippen molar-refractivity contribution in [2.75, 3.05) is 0 Å². The third-order valence-electron chi connectivity index (χ3n) is 8.58. The second kappa shape index (κ2) is 4.50. The van der Waals surface area contributed by atoms with E-state index in [1.807, 2.05) is 0 Å². The summed E-state index contributed by atoms with van der Waals surface area (Å²) in [6, 6.07) is 12.0. The molecule has 130 valence electrons. The minimum absolute atomic E-state index is 0.142. The second-order valence-electron chi connectivity index (χ2n) is 9.53. The van der Waals surface area contributed by atoms with E-state index in [1.165, 1.54) is 66.0 Å². The van der Waals surface area contributed by atoms with Crippen LogP contribution >= 0.6 is 0 Å². The Kier molecular flexibility index (Phi) is 2.46. The van der Waals surface area contributed by atoms with Gasteiger partial charge in [0.15, 0.2) is 0 Å². The van der Waals surface area contributed by atoms with Gasteiger partial charge in [-0.2, -0.15) is 0 Å². The summed E-state index contributed by atoms with van der Waals surface area (Å²) in [4.78, 5) is 13.3. The fourth-order valence-electron chi connectivity index (χ4n) is 7.72. The van der Waals surface area contributed by atoms with Crippen molar-refractivity contribution in [1.82, 2.24) is 0 Å². The molecule has 0 radical (unpaired) electrons. The number of fused-ring (bicyclic) bond motifs is 2. The van der Waals surface area contributed by atoms with Crippen LogP contribution in [0.5, 0.6) is 0 Å². The summed E-state index contributed by atoms with van der Waals surface area (Å²) >= 11 is 0. The number of hydrogen-bond donors (Lipinski definition) is 0. The van der Waals surface area contributed by atoms with Crippen molar-refractivity contribution in [3.05, 3.63) is 58.2 Å². The van der Waals surface area contributed by atoms with Gasteiger partial charge in [0, 0.05) is 17.8 Å². The fourth-order valence-corrected chi connectivity index (χ4v) is 7.72. The van der Waals surface area contributed by atoms with Gasteiger partial charge in [0.25, 0.3) is 0 Å². The Balaban J connectivity index is 1.66. The number of aryl methyl sites for hydroxylation is 1. The molecule has 1 spiro atoms. The van der Waals surface area contributed by atoms with E-state index in [0.717, 1.165) is 18.8 Å². The molecule has 0 aliphatic heterocycles. The summed E-state index contributed by atoms with van der Waals surface area (Å²) in [5.74, 6) is 2.04. The van der Waals surface area contributed by atoms with Gasteiger partial charge in [0.05, 0.1) is 5.92 Å². The standard InChI is InChI=1S/C25H24O/c26-22-7-6-16-11-18-10-15-5-4-14(18)12-20(16)24(22)25-9-8-17(13-25)23-19(15)2-1-3-21(23)25/h4-5,10-12,17,19,24H,1-3,6-9,13H2. The lowest BCUT2D eigenvalue weighted by atomic mass is 9.59. The lowest BCUT2D eigenvalue weighted by Crippen LogP contribution is -2.36. The van der Waals surface area contributed by atoms with Crippen molar-refractivity contribution < 1.29 is 4.79 Å². The van der Waals surface area contributed by atoms with Crippen LogP contribution in [-0.4, -0.2) is 5.78 Å². The largest absolute Gasteiger partial charge is 0.299 e. The second-order valence-corrected chi connectivity index (χ2v) is 9.53. The molecule has 4 unspecified atom stereocenters. The predicted octanol–water partition coefficient (Wildman–Crippen LogP) is 5.82. The molecule has 0 saturated heterocycles. The molecule has 2 aromatic carbocycles. The normalized spacial score (nSPS) is 36.5. The molecule has 1 fully saturated rings. The van der Waals surface area contributed by atoms with Gasteiger partial charge in [-0.15, -0.1) is 0 Å². The molecule has 1 saturated carbocycles. The van der Waals surface area contributed by atoms with Gasteiger partial charge in [-0.25, -0.2) is 0 Å². The molecule has 1 heteroatoms. The molecular formula is C25H24O. The molecule has 26 heavy (non-hydrogen) atoms. The molecule has 0 N–H and O–H groups in total. The molecular weight excluding hydrogens is 316 g/mol. The molecule has 1 nitrogen and oxygen atoms in total. The average molecular weight is 340 g/mol. The summed E-state index contributed by atoms with van der Waals surface area (Å²) in [6.45, 7) is 0. The minimum atomic E-state index is 0.142. The maximum absolute atomic E-state index is 13.3. The van der Waals surface area contributed by atoms with Gasteiger partial charge < -0.3 is 0 Å². The van der Waals surface area contributed by atoms with Gasteiger partial charge >= 0.3 is 0 Å². The van der Waals surface area contributed by atoms with Crippen LogP contribution in [0.15, 0.2) is 41.5 Å². The van der Waals surface area contributed by atoms with E-state index in [0.29, 0.717) is 11.7 Å². The zero-order chi connectivity index (χ0) is 17.0. The number of Topliss-reactive ketones (excluding diaryl/α,β-unsaturated/α-hetero) is 1. The van der Waals surface area contributed by atoms with Crippen LogP contribution in [0.25, 0.3) is 10.8 Å². The Morgan fingerprint density at radius 2 is 1.92 bits per heavy atom. The van der Waals surface area contributed by atoms with Crippen molar-refractivity contribution in [3.8, 4) is 0 Å². The third kappa shape index (κ3) is 1.50. The van der Waals surface area contributed by atoms with Gasteiger partial charge in [0.2, 0.25) is 0 Å². The molecule has 0 heterocycles. The Morgan fingerprint density at radius 1 is 0.962 bits per heavy atom. The van der Waals surface area contributed by atoms with Crippen LogP contribution in [0.3, 0.4) is 0 Å². The van der Waals surface area contributed by atoms with Crippen molar-refractivity contribution in [2.45, 2.75) is 63.2 Å². The first-order chi connectivity index (χ1) is 12.7. The molecule has 6 aliphatic rings. The topological polar surface area (TPSA) is 17.1 Å². The molecule has 2 aromatic rings. The SMILES string of the molecule is O=C1CCc2cc3cc4ccc3cc2C1C12CCC(C1)C1=C2CCCC14. The Morgan fingerprint density at radius 3 is 2.88 bits per heavy atom. The molecule has 0 aromatic heterocycles. The predicted molar refractivity (Wildman–Crippen MR) is 103 cm³/mol. The number of hydrogen-bond acceptors (Lipinski definition) is 1. The molecule has 4 atom stereocenters. The average Bonchev–Trinajstić information content (AvgIpc) is 3.23.